The van der Waals surface area contributed by atoms with Gasteiger partial charge in [-0.05, 0) is 23.8 Å². The van der Waals surface area contributed by atoms with Gasteiger partial charge in [0.15, 0.2) is 0 Å². The summed E-state index contributed by atoms with van der Waals surface area (Å²) >= 11 is 0. The van der Waals surface area contributed by atoms with Gasteiger partial charge in [0.1, 0.15) is 24.5 Å². The van der Waals surface area contributed by atoms with Gasteiger partial charge in [-0.2, -0.15) is 5.26 Å². The number of nitriles is 1. The van der Waals surface area contributed by atoms with Crippen LogP contribution in [0.25, 0.3) is 11.1 Å². The number of pyridine rings is 1. The number of hydrogen-bond donors (Lipinski definition) is 0. The number of nitrogens with zero attached hydrogens (tertiary/aromatic N) is 6. The first kappa shape index (κ1) is 17.2. The van der Waals surface area contributed by atoms with E-state index in [1.54, 1.807) is 28.2 Å². The number of ether oxygens (including phenoxy) is 2. The van der Waals surface area contributed by atoms with E-state index in [0.717, 1.165) is 16.8 Å². The molecule has 29 heavy (non-hydrogen) atoms. The standard InChI is InChI=1S/C20H16N6O3/c21-6-5-15-3-1-14(10-22-15)13-2-4-16-18(9-13)28-12-17-19(29-20(27)26(16)17)11-25-8-7-23-24-25/h1-4,7-10,17,19H,5,11-12H2/t17-,19-/m0/s1. The molecule has 3 aromatic rings. The van der Waals surface area contributed by atoms with Crippen LogP contribution in [0.2, 0.25) is 0 Å². The van der Waals surface area contributed by atoms with E-state index < -0.39 is 0 Å². The Labute approximate surface area is 166 Å². The molecule has 1 aromatic carbocycles. The summed E-state index contributed by atoms with van der Waals surface area (Å²) in [5.41, 5.74) is 3.25. The molecule has 0 aliphatic carbocycles. The van der Waals surface area contributed by atoms with Crippen molar-refractivity contribution in [3.05, 3.63) is 54.6 Å². The van der Waals surface area contributed by atoms with E-state index in [9.17, 15) is 4.79 Å². The molecule has 2 atom stereocenters. The van der Waals surface area contributed by atoms with Gasteiger partial charge in [-0.15, -0.1) is 5.10 Å². The Morgan fingerprint density at radius 1 is 1.24 bits per heavy atom. The van der Waals surface area contributed by atoms with E-state index in [-0.39, 0.29) is 24.7 Å². The van der Waals surface area contributed by atoms with Crippen molar-refractivity contribution < 1.29 is 14.3 Å². The molecule has 4 heterocycles. The lowest BCUT2D eigenvalue weighted by atomic mass is 10.0. The number of carbonyl (C=O) groups excluding carboxylic acids is 1. The fourth-order valence-corrected chi connectivity index (χ4v) is 3.66. The number of hydrogen-bond acceptors (Lipinski definition) is 7. The van der Waals surface area contributed by atoms with Crippen LogP contribution in [0.15, 0.2) is 48.9 Å². The number of rotatable bonds is 4. The highest BCUT2D eigenvalue weighted by Crippen LogP contribution is 2.41. The first-order valence-corrected chi connectivity index (χ1v) is 9.16. The average Bonchev–Trinajstić information content (AvgIpc) is 3.37. The van der Waals surface area contributed by atoms with Gasteiger partial charge in [-0.25, -0.2) is 9.48 Å². The Kier molecular flexibility index (Phi) is 4.09. The molecule has 1 fully saturated rings. The molecule has 1 saturated heterocycles. The smallest absolute Gasteiger partial charge is 0.415 e. The summed E-state index contributed by atoms with van der Waals surface area (Å²) in [5.74, 6) is 0.623. The van der Waals surface area contributed by atoms with Crippen LogP contribution in [-0.2, 0) is 17.7 Å². The number of cyclic esters (lactones) is 1. The van der Waals surface area contributed by atoms with Gasteiger partial charge < -0.3 is 9.47 Å². The number of amides is 1. The first-order valence-electron chi connectivity index (χ1n) is 9.16. The maximum absolute atomic E-state index is 12.5. The quantitative estimate of drug-likeness (QED) is 0.674. The van der Waals surface area contributed by atoms with E-state index in [1.165, 1.54) is 0 Å². The normalized spacial score (nSPS) is 19.7. The lowest BCUT2D eigenvalue weighted by Crippen LogP contribution is -2.45. The molecule has 0 radical (unpaired) electrons. The van der Waals surface area contributed by atoms with Crippen LogP contribution in [-0.4, -0.2) is 44.8 Å². The van der Waals surface area contributed by atoms with Gasteiger partial charge in [-0.3, -0.25) is 9.88 Å². The largest absolute Gasteiger partial charge is 0.489 e. The van der Waals surface area contributed by atoms with Crippen molar-refractivity contribution in [2.75, 3.05) is 11.5 Å². The molecule has 1 amide bonds. The second-order valence-electron chi connectivity index (χ2n) is 6.85. The Bertz CT molecular complexity index is 1090. The third-order valence-corrected chi connectivity index (χ3v) is 5.10. The lowest BCUT2D eigenvalue weighted by molar-refractivity contribution is 0.106. The number of aromatic nitrogens is 4. The molecule has 0 N–H and O–H groups in total. The third-order valence-electron chi connectivity index (χ3n) is 5.10. The van der Waals surface area contributed by atoms with Crippen molar-refractivity contribution in [1.29, 1.82) is 5.26 Å². The first-order chi connectivity index (χ1) is 14.2. The topological polar surface area (TPSA) is 106 Å². The van der Waals surface area contributed by atoms with E-state index >= 15 is 0 Å². The molecule has 0 spiro atoms. The molecule has 2 aliphatic rings. The number of benzene rings is 1. The maximum Gasteiger partial charge on any atom is 0.415 e. The fourth-order valence-electron chi connectivity index (χ4n) is 3.66. The summed E-state index contributed by atoms with van der Waals surface area (Å²) in [5, 5.41) is 16.5. The van der Waals surface area contributed by atoms with Crippen molar-refractivity contribution >= 4 is 11.8 Å². The second kappa shape index (κ2) is 6.91. The summed E-state index contributed by atoms with van der Waals surface area (Å²) in [6.45, 7) is 0.755. The molecule has 0 unspecified atom stereocenters. The predicted octanol–water partition coefficient (Wildman–Crippen LogP) is 2.19. The average molecular weight is 388 g/mol. The third kappa shape index (κ3) is 3.04. The van der Waals surface area contributed by atoms with Gasteiger partial charge in [-0.1, -0.05) is 17.3 Å². The summed E-state index contributed by atoms with van der Waals surface area (Å²) in [6, 6.07) is 11.3. The lowest BCUT2D eigenvalue weighted by Gasteiger charge is -2.31. The van der Waals surface area contributed by atoms with Crippen LogP contribution < -0.4 is 9.64 Å². The highest BCUT2D eigenvalue weighted by molar-refractivity contribution is 5.94. The van der Waals surface area contributed by atoms with E-state index in [4.69, 9.17) is 14.7 Å². The fraction of sp³-hybridized carbons (Fsp3) is 0.250. The minimum atomic E-state index is -0.389. The van der Waals surface area contributed by atoms with Crippen LogP contribution in [0.4, 0.5) is 10.5 Å². The SMILES string of the molecule is N#CCc1ccc(-c2ccc3c(c2)OC[C@H]2[C@H](Cn4ccnn4)OC(=O)N32)cn1. The van der Waals surface area contributed by atoms with E-state index in [0.29, 0.717) is 24.6 Å². The minimum Gasteiger partial charge on any atom is -0.489 e. The minimum absolute atomic E-state index is 0.225. The van der Waals surface area contributed by atoms with Gasteiger partial charge in [0.05, 0.1) is 36.6 Å². The van der Waals surface area contributed by atoms with Crippen LogP contribution >= 0.6 is 0 Å². The van der Waals surface area contributed by atoms with Crippen molar-refractivity contribution in [1.82, 2.24) is 20.0 Å². The summed E-state index contributed by atoms with van der Waals surface area (Å²) in [7, 11) is 0. The molecule has 0 saturated carbocycles. The zero-order valence-electron chi connectivity index (χ0n) is 15.3. The summed E-state index contributed by atoms with van der Waals surface area (Å²) in [6.07, 6.45) is 4.58. The Balaban J connectivity index is 1.41. The summed E-state index contributed by atoms with van der Waals surface area (Å²) in [4.78, 5) is 18.5. The Hall–Kier alpha value is -3.93. The van der Waals surface area contributed by atoms with Crippen LogP contribution in [0, 0.1) is 11.3 Å². The summed E-state index contributed by atoms with van der Waals surface area (Å²) < 4.78 is 13.2. The molecule has 2 aromatic heterocycles. The van der Waals surface area contributed by atoms with Crippen molar-refractivity contribution in [3.63, 3.8) is 0 Å². The van der Waals surface area contributed by atoms with Crippen molar-refractivity contribution in [2.45, 2.75) is 25.1 Å². The van der Waals surface area contributed by atoms with Gasteiger partial charge >= 0.3 is 6.09 Å². The van der Waals surface area contributed by atoms with Crippen LogP contribution in [0.3, 0.4) is 0 Å². The molecule has 144 valence electrons. The zero-order chi connectivity index (χ0) is 19.8. The molecule has 9 nitrogen and oxygen atoms in total. The van der Waals surface area contributed by atoms with Crippen molar-refractivity contribution in [3.8, 4) is 22.9 Å². The number of anilines is 1. The van der Waals surface area contributed by atoms with E-state index in [1.807, 2.05) is 30.3 Å². The van der Waals surface area contributed by atoms with E-state index in [2.05, 4.69) is 21.4 Å². The monoisotopic (exact) mass is 388 g/mol. The second-order valence-corrected chi connectivity index (χ2v) is 6.85. The Morgan fingerprint density at radius 2 is 2.14 bits per heavy atom. The van der Waals surface area contributed by atoms with Crippen LogP contribution in [0.5, 0.6) is 5.75 Å². The van der Waals surface area contributed by atoms with Gasteiger partial charge in [0.25, 0.3) is 0 Å². The highest BCUT2D eigenvalue weighted by Gasteiger charge is 2.46. The van der Waals surface area contributed by atoms with Gasteiger partial charge in [0.2, 0.25) is 0 Å². The molecule has 2 aliphatic heterocycles. The Morgan fingerprint density at radius 3 is 2.90 bits per heavy atom. The zero-order valence-corrected chi connectivity index (χ0v) is 15.3. The number of fused-ring (bicyclic) bond motifs is 3. The molecule has 5 rings (SSSR count). The maximum atomic E-state index is 12.5. The van der Waals surface area contributed by atoms with Gasteiger partial charge in [0, 0.05) is 18.0 Å². The molecular weight excluding hydrogens is 372 g/mol. The van der Waals surface area contributed by atoms with Crippen LogP contribution in [0.1, 0.15) is 5.69 Å². The number of carbonyl (C=O) groups is 1. The van der Waals surface area contributed by atoms with Crippen molar-refractivity contribution in [2.24, 2.45) is 0 Å². The highest BCUT2D eigenvalue weighted by atomic mass is 16.6. The molecule has 9 heteroatoms. The predicted molar refractivity (Wildman–Crippen MR) is 101 cm³/mol. The molecule has 0 bridgehead atoms. The molecular formula is C20H16N6O3.